The number of hydrogen-bond donors (Lipinski definition) is 2. The van der Waals surface area contributed by atoms with Gasteiger partial charge in [-0.15, -0.1) is 11.3 Å². The number of hydrogen-bond acceptors (Lipinski definition) is 5. The van der Waals surface area contributed by atoms with E-state index < -0.39 is 11.9 Å². The molecule has 0 amide bonds. The fraction of sp³-hybridized carbons (Fsp3) is 0.579. The minimum absolute atomic E-state index is 0.0749. The lowest BCUT2D eigenvalue weighted by atomic mass is 10.1. The van der Waals surface area contributed by atoms with Crippen molar-refractivity contribution in [3.63, 3.8) is 0 Å². The number of aromatic nitrogens is 1. The van der Waals surface area contributed by atoms with E-state index in [0.717, 1.165) is 48.4 Å². The van der Waals surface area contributed by atoms with Crippen LogP contribution in [0.2, 0.25) is 0 Å². The van der Waals surface area contributed by atoms with Crippen LogP contribution < -0.4 is 10.6 Å². The van der Waals surface area contributed by atoms with Crippen molar-refractivity contribution < 1.29 is 17.6 Å². The Balaban J connectivity index is 1.65. The quantitative estimate of drug-likeness (QED) is 0.514. The van der Waals surface area contributed by atoms with Crippen LogP contribution in [0.5, 0.6) is 0 Å². The second kappa shape index (κ2) is 10.1. The number of furan rings is 1. The Labute approximate surface area is 172 Å². The van der Waals surface area contributed by atoms with E-state index in [-0.39, 0.29) is 12.6 Å². The van der Waals surface area contributed by atoms with E-state index >= 15 is 0 Å². The van der Waals surface area contributed by atoms with Gasteiger partial charge in [0.05, 0.1) is 18.8 Å². The van der Waals surface area contributed by atoms with Crippen LogP contribution in [0.3, 0.4) is 0 Å². The van der Waals surface area contributed by atoms with Gasteiger partial charge in [0.25, 0.3) is 0 Å². The number of nitrogens with zero attached hydrogens (tertiary/aromatic N) is 3. The zero-order valence-electron chi connectivity index (χ0n) is 16.3. The zero-order chi connectivity index (χ0) is 20.7. The molecule has 0 spiro atoms. The summed E-state index contributed by atoms with van der Waals surface area (Å²) in [6.07, 6.45) is 0.818. The summed E-state index contributed by atoms with van der Waals surface area (Å²) >= 11 is 0.965. The van der Waals surface area contributed by atoms with Gasteiger partial charge in [-0.1, -0.05) is 6.42 Å². The van der Waals surface area contributed by atoms with Crippen LogP contribution in [0.4, 0.5) is 13.2 Å². The van der Waals surface area contributed by atoms with Gasteiger partial charge in [-0.05, 0) is 45.0 Å². The lowest BCUT2D eigenvalue weighted by Crippen LogP contribution is -2.44. The molecule has 3 heterocycles. The first-order chi connectivity index (χ1) is 14.0. The standard InChI is InChI=1S/C19H26F3N5OS/c1-2-23-18(25-12-17-26-16(13-29-17)19(20,21)22)24-11-14(15-7-6-10-28-15)27-8-4-3-5-9-27/h6-7,10,13-14H,2-5,8-9,11-12H2,1H3,(H2,23,24,25). The lowest BCUT2D eigenvalue weighted by molar-refractivity contribution is -0.140. The monoisotopic (exact) mass is 429 g/mol. The topological polar surface area (TPSA) is 65.7 Å². The van der Waals surface area contributed by atoms with Gasteiger partial charge in [-0.2, -0.15) is 13.2 Å². The Morgan fingerprint density at radius 2 is 2.10 bits per heavy atom. The fourth-order valence-electron chi connectivity index (χ4n) is 3.32. The van der Waals surface area contributed by atoms with Crippen LogP contribution in [0, 0.1) is 0 Å². The Bertz CT molecular complexity index is 769. The molecule has 0 aliphatic carbocycles. The van der Waals surface area contributed by atoms with E-state index in [0.29, 0.717) is 24.1 Å². The average Bonchev–Trinajstić information content (AvgIpc) is 3.39. The number of halogens is 3. The molecule has 160 valence electrons. The maximum atomic E-state index is 12.7. The Kier molecular flexibility index (Phi) is 7.54. The number of aliphatic imine (C=N–C) groups is 1. The number of thiazole rings is 1. The van der Waals surface area contributed by atoms with Gasteiger partial charge in [0.1, 0.15) is 10.8 Å². The SMILES string of the molecule is CCNC(=NCc1nc(C(F)(F)F)cs1)NCC(c1ccco1)N1CCCCC1. The van der Waals surface area contributed by atoms with Crippen LogP contribution in [0.15, 0.2) is 33.2 Å². The third-order valence-corrected chi connectivity index (χ3v) is 5.56. The molecule has 0 radical (unpaired) electrons. The number of likely N-dealkylation sites (tertiary alicyclic amines) is 1. The maximum Gasteiger partial charge on any atom is 0.434 e. The van der Waals surface area contributed by atoms with Gasteiger partial charge < -0.3 is 15.1 Å². The first-order valence-electron chi connectivity index (χ1n) is 9.78. The smallest absolute Gasteiger partial charge is 0.434 e. The van der Waals surface area contributed by atoms with E-state index in [9.17, 15) is 13.2 Å². The highest BCUT2D eigenvalue weighted by molar-refractivity contribution is 7.09. The van der Waals surface area contributed by atoms with E-state index in [1.807, 2.05) is 19.1 Å². The molecule has 29 heavy (non-hydrogen) atoms. The summed E-state index contributed by atoms with van der Waals surface area (Å²) in [5.41, 5.74) is -0.867. The Morgan fingerprint density at radius 3 is 2.72 bits per heavy atom. The van der Waals surface area contributed by atoms with Crippen molar-refractivity contribution in [3.8, 4) is 0 Å². The van der Waals surface area contributed by atoms with Crippen molar-refractivity contribution in [2.75, 3.05) is 26.2 Å². The molecule has 10 heteroatoms. The number of guanidine groups is 1. The highest BCUT2D eigenvalue weighted by Gasteiger charge is 2.33. The summed E-state index contributed by atoms with van der Waals surface area (Å²) in [5.74, 6) is 1.44. The molecule has 1 aliphatic rings. The average molecular weight is 430 g/mol. The molecule has 1 fully saturated rings. The highest BCUT2D eigenvalue weighted by atomic mass is 32.1. The molecule has 6 nitrogen and oxygen atoms in total. The summed E-state index contributed by atoms with van der Waals surface area (Å²) in [6.45, 7) is 5.29. The lowest BCUT2D eigenvalue weighted by Gasteiger charge is -2.33. The predicted molar refractivity (Wildman–Crippen MR) is 107 cm³/mol. The molecule has 3 rings (SSSR count). The Hall–Kier alpha value is -2.07. The van der Waals surface area contributed by atoms with Crippen LogP contribution in [-0.4, -0.2) is 42.0 Å². The third-order valence-electron chi connectivity index (χ3n) is 4.72. The summed E-state index contributed by atoms with van der Waals surface area (Å²) < 4.78 is 43.8. The molecule has 1 saturated heterocycles. The maximum absolute atomic E-state index is 12.7. The van der Waals surface area contributed by atoms with Gasteiger partial charge in [0.15, 0.2) is 11.7 Å². The van der Waals surface area contributed by atoms with E-state index in [2.05, 4.69) is 25.5 Å². The number of piperidine rings is 1. The minimum Gasteiger partial charge on any atom is -0.468 e. The molecule has 2 aromatic heterocycles. The van der Waals surface area contributed by atoms with Gasteiger partial charge in [-0.25, -0.2) is 9.98 Å². The second-order valence-electron chi connectivity index (χ2n) is 6.83. The molecule has 2 N–H and O–H groups in total. The van der Waals surface area contributed by atoms with Crippen LogP contribution in [-0.2, 0) is 12.7 Å². The van der Waals surface area contributed by atoms with Crippen LogP contribution in [0.25, 0.3) is 0 Å². The van der Waals surface area contributed by atoms with E-state index in [4.69, 9.17) is 4.42 Å². The van der Waals surface area contributed by atoms with E-state index in [1.54, 1.807) is 6.26 Å². The zero-order valence-corrected chi connectivity index (χ0v) is 17.2. The molecular weight excluding hydrogens is 403 g/mol. The van der Waals surface area contributed by atoms with Crippen LogP contribution >= 0.6 is 11.3 Å². The van der Waals surface area contributed by atoms with Gasteiger partial charge in [0, 0.05) is 18.5 Å². The molecule has 0 saturated carbocycles. The number of alkyl halides is 3. The predicted octanol–water partition coefficient (Wildman–Crippen LogP) is 4.04. The Morgan fingerprint density at radius 1 is 1.31 bits per heavy atom. The largest absolute Gasteiger partial charge is 0.468 e. The molecular formula is C19H26F3N5OS. The molecule has 1 atom stereocenters. The minimum atomic E-state index is -4.42. The molecule has 1 aliphatic heterocycles. The van der Waals surface area contributed by atoms with Gasteiger partial charge in [0.2, 0.25) is 0 Å². The number of nitrogens with one attached hydrogen (secondary N) is 2. The van der Waals surface area contributed by atoms with Gasteiger partial charge in [-0.3, -0.25) is 4.90 Å². The van der Waals surface area contributed by atoms with Crippen LogP contribution in [0.1, 0.15) is 48.7 Å². The first kappa shape index (κ1) is 21.6. The summed E-state index contributed by atoms with van der Waals surface area (Å²) in [4.78, 5) is 10.4. The fourth-order valence-corrected chi connectivity index (χ4v) is 4.04. The van der Waals surface area contributed by atoms with E-state index in [1.165, 1.54) is 6.42 Å². The second-order valence-corrected chi connectivity index (χ2v) is 7.77. The van der Waals surface area contributed by atoms with Crippen molar-refractivity contribution in [3.05, 3.63) is 40.2 Å². The summed E-state index contributed by atoms with van der Waals surface area (Å²) in [7, 11) is 0. The number of rotatable bonds is 7. The molecule has 1 unspecified atom stereocenters. The molecule has 0 aromatic carbocycles. The van der Waals surface area contributed by atoms with Crippen molar-refractivity contribution in [1.82, 2.24) is 20.5 Å². The van der Waals surface area contributed by atoms with Gasteiger partial charge >= 0.3 is 6.18 Å². The first-order valence-corrected chi connectivity index (χ1v) is 10.7. The summed E-state index contributed by atoms with van der Waals surface area (Å²) in [5, 5.41) is 7.79. The summed E-state index contributed by atoms with van der Waals surface area (Å²) in [6, 6.07) is 3.93. The third kappa shape index (κ3) is 6.20. The normalized spacial score (nSPS) is 17.3. The van der Waals surface area contributed by atoms with Crippen molar-refractivity contribution in [2.24, 2.45) is 4.99 Å². The van der Waals surface area contributed by atoms with Crippen molar-refractivity contribution in [1.29, 1.82) is 0 Å². The highest BCUT2D eigenvalue weighted by Crippen LogP contribution is 2.30. The molecule has 2 aromatic rings. The molecule has 0 bridgehead atoms. The van der Waals surface area contributed by atoms with Crippen molar-refractivity contribution in [2.45, 2.75) is 44.9 Å². The van der Waals surface area contributed by atoms with Crippen molar-refractivity contribution >= 4 is 17.3 Å².